The summed E-state index contributed by atoms with van der Waals surface area (Å²) < 4.78 is 0. The maximum Gasteiger partial charge on any atom is 0.314 e. The summed E-state index contributed by atoms with van der Waals surface area (Å²) in [4.78, 5) is 15.3. The first kappa shape index (κ1) is 12.3. The number of urea groups is 1. The van der Waals surface area contributed by atoms with Gasteiger partial charge in [0.1, 0.15) is 5.75 Å². The number of rotatable bonds is 2. The zero-order chi connectivity index (χ0) is 13.4. The Morgan fingerprint density at radius 3 is 2.26 bits per heavy atom. The Morgan fingerprint density at radius 2 is 1.74 bits per heavy atom. The Morgan fingerprint density at radius 1 is 1.16 bits per heavy atom. The number of benzene rings is 1. The molecule has 2 unspecified atom stereocenters. The van der Waals surface area contributed by atoms with Crippen LogP contribution in [0.2, 0.25) is 0 Å². The van der Waals surface area contributed by atoms with Gasteiger partial charge in [-0.2, -0.15) is 0 Å². The molecule has 1 aromatic rings. The summed E-state index contributed by atoms with van der Waals surface area (Å²) in [6, 6.07) is 7.07. The molecule has 2 fully saturated rings. The van der Waals surface area contributed by atoms with Crippen molar-refractivity contribution in [2.75, 3.05) is 26.2 Å². The summed E-state index contributed by atoms with van der Waals surface area (Å²) in [5.41, 5.74) is 6.54. The van der Waals surface area contributed by atoms with Crippen molar-refractivity contribution in [2.45, 2.75) is 6.54 Å². The van der Waals surface area contributed by atoms with Crippen LogP contribution in [0.15, 0.2) is 24.3 Å². The Bertz CT molecular complexity index is 460. The zero-order valence-electron chi connectivity index (χ0n) is 10.8. The zero-order valence-corrected chi connectivity index (χ0v) is 10.8. The van der Waals surface area contributed by atoms with Crippen LogP contribution >= 0.6 is 0 Å². The Hall–Kier alpha value is -1.75. The number of fused-ring (bicyclic) bond motifs is 1. The van der Waals surface area contributed by atoms with Crippen LogP contribution in [-0.2, 0) is 6.54 Å². The molecule has 0 saturated carbocycles. The van der Waals surface area contributed by atoms with Gasteiger partial charge in [0.2, 0.25) is 0 Å². The van der Waals surface area contributed by atoms with E-state index in [2.05, 4.69) is 4.90 Å². The van der Waals surface area contributed by atoms with Gasteiger partial charge in [-0.15, -0.1) is 0 Å². The van der Waals surface area contributed by atoms with Crippen LogP contribution in [0.1, 0.15) is 5.56 Å². The number of likely N-dealkylation sites (tertiary alicyclic amines) is 2. The summed E-state index contributed by atoms with van der Waals surface area (Å²) in [5.74, 6) is 1.42. The first-order chi connectivity index (χ1) is 9.11. The highest BCUT2D eigenvalue weighted by Crippen LogP contribution is 2.31. The molecule has 2 aliphatic rings. The molecule has 5 heteroatoms. The van der Waals surface area contributed by atoms with Gasteiger partial charge in [0.05, 0.1) is 0 Å². The van der Waals surface area contributed by atoms with Crippen molar-refractivity contribution in [1.82, 2.24) is 9.80 Å². The molecule has 0 aromatic heterocycles. The highest BCUT2D eigenvalue weighted by Gasteiger charge is 2.40. The number of hydrogen-bond donors (Lipinski definition) is 2. The molecule has 2 aliphatic heterocycles. The van der Waals surface area contributed by atoms with Crippen molar-refractivity contribution in [3.8, 4) is 5.75 Å². The summed E-state index contributed by atoms with van der Waals surface area (Å²) in [5, 5.41) is 9.27. The molecule has 19 heavy (non-hydrogen) atoms. The third-order valence-corrected chi connectivity index (χ3v) is 4.22. The molecule has 0 aliphatic carbocycles. The molecule has 0 bridgehead atoms. The lowest BCUT2D eigenvalue weighted by Gasteiger charge is -2.20. The van der Waals surface area contributed by atoms with E-state index in [4.69, 9.17) is 5.73 Å². The topological polar surface area (TPSA) is 69.8 Å². The van der Waals surface area contributed by atoms with Crippen molar-refractivity contribution < 1.29 is 9.90 Å². The van der Waals surface area contributed by atoms with Gasteiger partial charge in [0.15, 0.2) is 0 Å². The Balaban J connectivity index is 1.57. The number of carbonyl (C=O) groups excluding carboxylic acids is 1. The van der Waals surface area contributed by atoms with Gasteiger partial charge in [0.25, 0.3) is 0 Å². The number of primary amides is 1. The first-order valence-corrected chi connectivity index (χ1v) is 6.66. The SMILES string of the molecule is NC(=O)N1CC2CN(Cc3ccc(O)cc3)CC2C1. The van der Waals surface area contributed by atoms with Gasteiger partial charge in [-0.05, 0) is 29.5 Å². The fraction of sp³-hybridized carbons (Fsp3) is 0.500. The summed E-state index contributed by atoms with van der Waals surface area (Å²) in [6.45, 7) is 4.55. The fourth-order valence-electron chi connectivity index (χ4n) is 3.26. The average molecular weight is 261 g/mol. The maximum atomic E-state index is 11.1. The van der Waals surface area contributed by atoms with Crippen LogP contribution in [0.3, 0.4) is 0 Å². The van der Waals surface area contributed by atoms with E-state index in [0.717, 1.165) is 32.7 Å². The van der Waals surface area contributed by atoms with Gasteiger partial charge in [-0.3, -0.25) is 4.90 Å². The van der Waals surface area contributed by atoms with Crippen LogP contribution in [-0.4, -0.2) is 47.1 Å². The second kappa shape index (κ2) is 4.74. The quantitative estimate of drug-likeness (QED) is 0.828. The van der Waals surface area contributed by atoms with E-state index in [-0.39, 0.29) is 6.03 Å². The molecule has 2 atom stereocenters. The number of aromatic hydroxyl groups is 1. The number of amides is 2. The predicted molar refractivity (Wildman–Crippen MR) is 71.5 cm³/mol. The minimum atomic E-state index is -0.292. The predicted octanol–water partition coefficient (Wildman–Crippen LogP) is 0.834. The molecule has 2 heterocycles. The number of carbonyl (C=O) groups is 1. The fourth-order valence-corrected chi connectivity index (χ4v) is 3.26. The van der Waals surface area contributed by atoms with Gasteiger partial charge in [0, 0.05) is 32.7 Å². The molecule has 3 rings (SSSR count). The monoisotopic (exact) mass is 261 g/mol. The number of phenolic OH excluding ortho intramolecular Hbond substituents is 1. The van der Waals surface area contributed by atoms with E-state index in [1.54, 1.807) is 17.0 Å². The molecule has 1 aromatic carbocycles. The number of nitrogens with two attached hydrogens (primary N) is 1. The Kier molecular flexibility index (Phi) is 3.06. The van der Waals surface area contributed by atoms with Crippen molar-refractivity contribution in [2.24, 2.45) is 17.6 Å². The average Bonchev–Trinajstić information content (AvgIpc) is 2.90. The number of phenols is 1. The van der Waals surface area contributed by atoms with Crippen LogP contribution in [0, 0.1) is 11.8 Å². The highest BCUT2D eigenvalue weighted by molar-refractivity contribution is 5.72. The van der Waals surface area contributed by atoms with Gasteiger partial charge < -0.3 is 15.7 Å². The summed E-state index contributed by atoms with van der Waals surface area (Å²) in [7, 11) is 0. The second-order valence-corrected chi connectivity index (χ2v) is 5.62. The van der Waals surface area contributed by atoms with E-state index in [9.17, 15) is 9.90 Å². The minimum absolute atomic E-state index is 0.292. The van der Waals surface area contributed by atoms with E-state index in [0.29, 0.717) is 17.6 Å². The van der Waals surface area contributed by atoms with E-state index in [1.165, 1.54) is 5.56 Å². The maximum absolute atomic E-state index is 11.1. The van der Waals surface area contributed by atoms with Crippen molar-refractivity contribution in [1.29, 1.82) is 0 Å². The molecule has 2 saturated heterocycles. The normalized spacial score (nSPS) is 26.6. The summed E-state index contributed by atoms with van der Waals surface area (Å²) in [6.07, 6.45) is 0. The third-order valence-electron chi connectivity index (χ3n) is 4.22. The smallest absolute Gasteiger partial charge is 0.314 e. The third kappa shape index (κ3) is 2.51. The highest BCUT2D eigenvalue weighted by atomic mass is 16.3. The lowest BCUT2D eigenvalue weighted by atomic mass is 10.0. The van der Waals surface area contributed by atoms with Crippen LogP contribution in [0.5, 0.6) is 5.75 Å². The van der Waals surface area contributed by atoms with Crippen molar-refractivity contribution in [3.05, 3.63) is 29.8 Å². The Labute approximate surface area is 112 Å². The molecule has 3 N–H and O–H groups in total. The van der Waals surface area contributed by atoms with Crippen LogP contribution < -0.4 is 5.73 Å². The van der Waals surface area contributed by atoms with Crippen LogP contribution in [0.25, 0.3) is 0 Å². The summed E-state index contributed by atoms with van der Waals surface area (Å²) >= 11 is 0. The van der Waals surface area contributed by atoms with E-state index in [1.807, 2.05) is 12.1 Å². The molecule has 0 radical (unpaired) electrons. The molecular weight excluding hydrogens is 242 g/mol. The first-order valence-electron chi connectivity index (χ1n) is 6.66. The second-order valence-electron chi connectivity index (χ2n) is 5.62. The standard InChI is InChI=1S/C14H19N3O2/c15-14(19)17-8-11-6-16(7-12(11)9-17)5-10-1-3-13(18)4-2-10/h1-4,11-12,18H,5-9H2,(H2,15,19). The molecular formula is C14H19N3O2. The molecule has 102 valence electrons. The number of nitrogens with zero attached hydrogens (tertiary/aromatic N) is 2. The largest absolute Gasteiger partial charge is 0.508 e. The van der Waals surface area contributed by atoms with Crippen molar-refractivity contribution >= 4 is 6.03 Å². The molecule has 0 spiro atoms. The minimum Gasteiger partial charge on any atom is -0.508 e. The number of hydrogen-bond acceptors (Lipinski definition) is 3. The van der Waals surface area contributed by atoms with Gasteiger partial charge >= 0.3 is 6.03 Å². The van der Waals surface area contributed by atoms with E-state index >= 15 is 0 Å². The van der Waals surface area contributed by atoms with Gasteiger partial charge in [-0.1, -0.05) is 12.1 Å². The van der Waals surface area contributed by atoms with Gasteiger partial charge in [-0.25, -0.2) is 4.79 Å². The molecule has 5 nitrogen and oxygen atoms in total. The molecule has 2 amide bonds. The van der Waals surface area contributed by atoms with E-state index < -0.39 is 0 Å². The van der Waals surface area contributed by atoms with Crippen molar-refractivity contribution in [3.63, 3.8) is 0 Å². The lowest BCUT2D eigenvalue weighted by Crippen LogP contribution is -2.36. The van der Waals surface area contributed by atoms with Crippen LogP contribution in [0.4, 0.5) is 4.79 Å². The lowest BCUT2D eigenvalue weighted by molar-refractivity contribution is 0.208.